The smallest absolute Gasteiger partial charge is 0.115 e. The van der Waals surface area contributed by atoms with E-state index in [2.05, 4.69) is 55.6 Å². The number of aromatic nitrogens is 2. The Morgan fingerprint density at radius 2 is 1.94 bits per heavy atom. The van der Waals surface area contributed by atoms with Gasteiger partial charge in [0.2, 0.25) is 0 Å². The molecule has 3 heteroatoms. The topological polar surface area (TPSA) is 29.0 Å². The number of hydrogen-bond donors (Lipinski definition) is 0. The van der Waals surface area contributed by atoms with Crippen molar-refractivity contribution >= 4 is 0 Å². The van der Waals surface area contributed by atoms with Gasteiger partial charge in [-0.15, -0.1) is 0 Å². The number of rotatable bonds is 3. The highest BCUT2D eigenvalue weighted by molar-refractivity contribution is 5.16. The highest BCUT2D eigenvalue weighted by Gasteiger charge is 2.29. The third-order valence-corrected chi connectivity index (χ3v) is 3.71. The van der Waals surface area contributed by atoms with Crippen LogP contribution in [0.1, 0.15) is 46.0 Å². The monoisotopic (exact) mass is 247 g/mol. The maximum absolute atomic E-state index is 4.41. The maximum Gasteiger partial charge on any atom is 0.115 e. The van der Waals surface area contributed by atoms with Crippen LogP contribution in [0.25, 0.3) is 0 Å². The third kappa shape index (κ3) is 3.08. The average molecular weight is 247 g/mol. The summed E-state index contributed by atoms with van der Waals surface area (Å²) in [6.45, 7) is 13.5. The van der Waals surface area contributed by atoms with E-state index in [9.17, 15) is 0 Å². The molecule has 1 aromatic heterocycles. The summed E-state index contributed by atoms with van der Waals surface area (Å²) >= 11 is 0. The van der Waals surface area contributed by atoms with Gasteiger partial charge >= 0.3 is 0 Å². The highest BCUT2D eigenvalue weighted by atomic mass is 15.2. The molecule has 0 radical (unpaired) electrons. The Kier molecular flexibility index (Phi) is 3.71. The quantitative estimate of drug-likeness (QED) is 0.822. The molecule has 3 nitrogen and oxygen atoms in total. The van der Waals surface area contributed by atoms with Crippen molar-refractivity contribution < 1.29 is 0 Å². The van der Waals surface area contributed by atoms with E-state index in [1.165, 1.54) is 18.8 Å². The van der Waals surface area contributed by atoms with Crippen LogP contribution in [0.15, 0.2) is 12.4 Å². The Morgan fingerprint density at radius 1 is 1.28 bits per heavy atom. The number of nitrogens with zero attached hydrogens (tertiary/aromatic N) is 3. The molecule has 0 unspecified atom stereocenters. The van der Waals surface area contributed by atoms with Gasteiger partial charge in [0.05, 0.1) is 0 Å². The lowest BCUT2D eigenvalue weighted by Gasteiger charge is -2.42. The summed E-state index contributed by atoms with van der Waals surface area (Å²) in [5, 5.41) is 0. The van der Waals surface area contributed by atoms with Crippen LogP contribution in [-0.2, 0) is 11.8 Å². The van der Waals surface area contributed by atoms with Crippen molar-refractivity contribution in [1.29, 1.82) is 0 Å². The second-order valence-electron chi connectivity index (χ2n) is 6.76. The Hall–Kier alpha value is -0.960. The van der Waals surface area contributed by atoms with Gasteiger partial charge < -0.3 is 4.90 Å². The fourth-order valence-electron chi connectivity index (χ4n) is 2.38. The summed E-state index contributed by atoms with van der Waals surface area (Å²) in [7, 11) is 0. The molecule has 0 aromatic carbocycles. The summed E-state index contributed by atoms with van der Waals surface area (Å²) in [6, 6.07) is 2.86. The Bertz CT molecular complexity index is 400. The highest BCUT2D eigenvalue weighted by Crippen LogP contribution is 2.24. The van der Waals surface area contributed by atoms with Crippen molar-refractivity contribution in [3.63, 3.8) is 0 Å². The van der Waals surface area contributed by atoms with Crippen molar-refractivity contribution in [3.05, 3.63) is 23.8 Å². The molecule has 0 amide bonds. The van der Waals surface area contributed by atoms with Gasteiger partial charge in [-0.05, 0) is 32.3 Å². The van der Waals surface area contributed by atoms with Crippen LogP contribution in [-0.4, -0.2) is 34.0 Å². The zero-order valence-corrected chi connectivity index (χ0v) is 12.3. The van der Waals surface area contributed by atoms with E-state index in [1.807, 2.05) is 0 Å². The fraction of sp³-hybridized carbons (Fsp3) is 0.733. The Labute approximate surface area is 111 Å². The minimum Gasteiger partial charge on any atom is -0.300 e. The molecule has 0 atom stereocenters. The van der Waals surface area contributed by atoms with Gasteiger partial charge in [0.1, 0.15) is 6.33 Å². The first kappa shape index (κ1) is 13.5. The number of likely N-dealkylation sites (tertiary alicyclic amines) is 1. The molecule has 2 rings (SSSR count). The van der Waals surface area contributed by atoms with E-state index in [-0.39, 0.29) is 5.41 Å². The van der Waals surface area contributed by atoms with E-state index < -0.39 is 0 Å². The van der Waals surface area contributed by atoms with E-state index in [4.69, 9.17) is 0 Å². The average Bonchev–Trinajstić information content (AvgIpc) is 2.21. The molecular weight excluding hydrogens is 222 g/mol. The van der Waals surface area contributed by atoms with E-state index in [0.29, 0.717) is 6.04 Å². The van der Waals surface area contributed by atoms with E-state index >= 15 is 0 Å². The third-order valence-electron chi connectivity index (χ3n) is 3.71. The SMILES string of the molecule is CC(C)N1CC(Cc2cc(C(C)(C)C)ncn2)C1. The van der Waals surface area contributed by atoms with Crippen molar-refractivity contribution in [1.82, 2.24) is 14.9 Å². The lowest BCUT2D eigenvalue weighted by atomic mass is 9.89. The normalized spacial score (nSPS) is 18.1. The van der Waals surface area contributed by atoms with Gasteiger partial charge in [0, 0.05) is 35.9 Å². The van der Waals surface area contributed by atoms with Crippen LogP contribution in [0.2, 0.25) is 0 Å². The van der Waals surface area contributed by atoms with Gasteiger partial charge in [-0.3, -0.25) is 0 Å². The molecule has 1 aliphatic rings. The molecule has 1 fully saturated rings. The molecule has 2 heterocycles. The van der Waals surface area contributed by atoms with Crippen LogP contribution < -0.4 is 0 Å². The molecule has 1 aromatic rings. The van der Waals surface area contributed by atoms with Crippen LogP contribution >= 0.6 is 0 Å². The van der Waals surface area contributed by atoms with Gasteiger partial charge in [-0.2, -0.15) is 0 Å². The second kappa shape index (κ2) is 4.96. The van der Waals surface area contributed by atoms with Gasteiger partial charge in [-0.1, -0.05) is 20.8 Å². The summed E-state index contributed by atoms with van der Waals surface area (Å²) in [4.78, 5) is 11.3. The predicted molar refractivity (Wildman–Crippen MR) is 74.6 cm³/mol. The molecule has 1 aliphatic heterocycles. The lowest BCUT2D eigenvalue weighted by Crippen LogP contribution is -2.50. The summed E-state index contributed by atoms with van der Waals surface area (Å²) < 4.78 is 0. The molecule has 0 aliphatic carbocycles. The largest absolute Gasteiger partial charge is 0.300 e. The molecule has 1 saturated heterocycles. The first-order valence-electron chi connectivity index (χ1n) is 6.91. The van der Waals surface area contributed by atoms with Gasteiger partial charge in [0.15, 0.2) is 0 Å². The van der Waals surface area contributed by atoms with Crippen LogP contribution in [0, 0.1) is 5.92 Å². The molecule has 0 spiro atoms. The predicted octanol–water partition coefficient (Wildman–Crippen LogP) is 2.66. The molecule has 0 saturated carbocycles. The van der Waals surface area contributed by atoms with Crippen LogP contribution in [0.5, 0.6) is 0 Å². The summed E-state index contributed by atoms with van der Waals surface area (Å²) in [5.41, 5.74) is 2.46. The second-order valence-corrected chi connectivity index (χ2v) is 6.76. The zero-order valence-electron chi connectivity index (χ0n) is 12.3. The van der Waals surface area contributed by atoms with Crippen LogP contribution in [0.3, 0.4) is 0 Å². The van der Waals surface area contributed by atoms with Crippen molar-refractivity contribution in [3.8, 4) is 0 Å². The van der Waals surface area contributed by atoms with Gasteiger partial charge in [0.25, 0.3) is 0 Å². The molecule has 18 heavy (non-hydrogen) atoms. The molecule has 0 N–H and O–H groups in total. The minimum atomic E-state index is 0.112. The summed E-state index contributed by atoms with van der Waals surface area (Å²) in [5.74, 6) is 0.773. The molecule has 100 valence electrons. The minimum absolute atomic E-state index is 0.112. The van der Waals surface area contributed by atoms with Crippen molar-refractivity contribution in [2.75, 3.05) is 13.1 Å². The Morgan fingerprint density at radius 3 is 2.50 bits per heavy atom. The first-order valence-corrected chi connectivity index (χ1v) is 6.91. The van der Waals surface area contributed by atoms with Crippen molar-refractivity contribution in [2.24, 2.45) is 5.92 Å². The first-order chi connectivity index (χ1) is 8.36. The molecular formula is C15H25N3. The maximum atomic E-state index is 4.41. The summed E-state index contributed by atoms with van der Waals surface area (Å²) in [6.07, 6.45) is 2.81. The lowest BCUT2D eigenvalue weighted by molar-refractivity contribution is 0.0675. The van der Waals surface area contributed by atoms with Crippen LogP contribution in [0.4, 0.5) is 0 Å². The van der Waals surface area contributed by atoms with E-state index in [0.717, 1.165) is 18.0 Å². The fourth-order valence-corrected chi connectivity index (χ4v) is 2.38. The zero-order chi connectivity index (χ0) is 13.3. The van der Waals surface area contributed by atoms with Gasteiger partial charge in [-0.25, -0.2) is 9.97 Å². The molecule has 0 bridgehead atoms. The van der Waals surface area contributed by atoms with E-state index in [1.54, 1.807) is 6.33 Å². The standard InChI is InChI=1S/C15H25N3/c1-11(2)18-8-12(9-18)6-13-7-14(15(3,4)5)17-10-16-13/h7,10-12H,6,8-9H2,1-5H3. The Balaban J connectivity index is 1.95. The number of hydrogen-bond acceptors (Lipinski definition) is 3. The van der Waals surface area contributed by atoms with Crippen molar-refractivity contribution in [2.45, 2.75) is 52.5 Å².